The van der Waals surface area contributed by atoms with E-state index in [-0.39, 0.29) is 11.4 Å². The Morgan fingerprint density at radius 3 is 2.62 bits per heavy atom. The molecule has 21 heavy (non-hydrogen) atoms. The third-order valence-electron chi connectivity index (χ3n) is 3.39. The molecule has 0 spiro atoms. The van der Waals surface area contributed by atoms with Crippen molar-refractivity contribution in [2.45, 2.75) is 10.3 Å². The molecule has 0 saturated carbocycles. The van der Waals surface area contributed by atoms with Crippen LogP contribution in [-0.2, 0) is 14.8 Å². The minimum atomic E-state index is -3.79. The van der Waals surface area contributed by atoms with Crippen LogP contribution in [0.1, 0.15) is 0 Å². The van der Waals surface area contributed by atoms with Crippen LogP contribution >= 0.6 is 11.8 Å². The predicted molar refractivity (Wildman–Crippen MR) is 81.7 cm³/mol. The van der Waals surface area contributed by atoms with Crippen LogP contribution in [0.3, 0.4) is 0 Å². The van der Waals surface area contributed by atoms with Gasteiger partial charge in [0.1, 0.15) is 0 Å². The van der Waals surface area contributed by atoms with Crippen molar-refractivity contribution in [2.75, 3.05) is 12.3 Å². The van der Waals surface area contributed by atoms with Crippen molar-refractivity contribution in [2.24, 2.45) is 0 Å². The molecule has 0 radical (unpaired) electrons. The number of carboxylic acids is 1. The molecule has 0 aliphatic carbocycles. The van der Waals surface area contributed by atoms with Crippen LogP contribution in [0.2, 0.25) is 0 Å². The lowest BCUT2D eigenvalue weighted by Gasteiger charge is -2.20. The van der Waals surface area contributed by atoms with Crippen LogP contribution in [0.15, 0.2) is 47.4 Å². The second-order valence-corrected chi connectivity index (χ2v) is 7.76. The maximum atomic E-state index is 12.6. The highest BCUT2D eigenvalue weighted by atomic mass is 32.2. The molecule has 1 aliphatic heterocycles. The third kappa shape index (κ3) is 2.52. The molecular weight excluding hydrogens is 310 g/mol. The van der Waals surface area contributed by atoms with Gasteiger partial charge in [-0.1, -0.05) is 30.3 Å². The van der Waals surface area contributed by atoms with Crippen molar-refractivity contribution in [3.8, 4) is 0 Å². The second-order valence-electron chi connectivity index (χ2n) is 4.69. The van der Waals surface area contributed by atoms with E-state index in [0.717, 1.165) is 26.8 Å². The molecule has 0 unspecified atom stereocenters. The number of rotatable bonds is 3. The molecule has 3 rings (SSSR count). The molecule has 0 aromatic heterocycles. The number of aliphatic carboxylic acids is 1. The van der Waals surface area contributed by atoms with Gasteiger partial charge in [0.05, 0.1) is 4.90 Å². The Morgan fingerprint density at radius 1 is 1.19 bits per heavy atom. The molecular formula is C14H13NO4S2. The lowest BCUT2D eigenvalue weighted by molar-refractivity contribution is -0.138. The van der Waals surface area contributed by atoms with Crippen LogP contribution in [0.4, 0.5) is 0 Å². The summed E-state index contributed by atoms with van der Waals surface area (Å²) in [4.78, 5) is 11.3. The van der Waals surface area contributed by atoms with Gasteiger partial charge in [0.25, 0.3) is 0 Å². The number of thioether (sulfide) groups is 1. The van der Waals surface area contributed by atoms with Crippen molar-refractivity contribution in [1.82, 2.24) is 4.31 Å². The molecule has 1 saturated heterocycles. The number of carbonyl (C=O) groups is 1. The van der Waals surface area contributed by atoms with Crippen LogP contribution in [0, 0.1) is 0 Å². The Labute approximate surface area is 126 Å². The van der Waals surface area contributed by atoms with E-state index in [0.29, 0.717) is 5.75 Å². The number of carboxylic acid groups (broad SMARTS) is 1. The summed E-state index contributed by atoms with van der Waals surface area (Å²) in [6.45, 7) is 0.219. The minimum absolute atomic E-state index is 0.134. The summed E-state index contributed by atoms with van der Waals surface area (Å²) < 4.78 is 26.3. The summed E-state index contributed by atoms with van der Waals surface area (Å²) in [7, 11) is -3.79. The summed E-state index contributed by atoms with van der Waals surface area (Å²) in [5.74, 6) is -0.633. The minimum Gasteiger partial charge on any atom is -0.479 e. The predicted octanol–water partition coefficient (Wildman–Crippen LogP) is 1.99. The van der Waals surface area contributed by atoms with Crippen molar-refractivity contribution in [3.63, 3.8) is 0 Å². The van der Waals surface area contributed by atoms with Gasteiger partial charge in [0.15, 0.2) is 5.37 Å². The summed E-state index contributed by atoms with van der Waals surface area (Å²) in [6.07, 6.45) is 0. The zero-order valence-electron chi connectivity index (χ0n) is 11.0. The fourth-order valence-electron chi connectivity index (χ4n) is 2.36. The standard InChI is InChI=1S/C14H13NO4S2/c16-14(17)13-15(7-8-20-13)21(18,19)12-6-5-10-3-1-2-4-11(10)9-12/h1-6,9,13H,7-8H2,(H,16,17)/t13-/m0/s1. The van der Waals surface area contributed by atoms with Gasteiger partial charge in [-0.05, 0) is 22.9 Å². The summed E-state index contributed by atoms with van der Waals surface area (Å²) in [5.41, 5.74) is 0. The lowest BCUT2D eigenvalue weighted by atomic mass is 10.1. The Kier molecular flexibility index (Phi) is 3.64. The molecule has 1 fully saturated rings. The van der Waals surface area contributed by atoms with Gasteiger partial charge >= 0.3 is 5.97 Å². The van der Waals surface area contributed by atoms with E-state index in [9.17, 15) is 13.2 Å². The number of nitrogens with zero attached hydrogens (tertiary/aromatic N) is 1. The average molecular weight is 323 g/mol. The first-order valence-corrected chi connectivity index (χ1v) is 8.84. The van der Waals surface area contributed by atoms with Gasteiger partial charge in [0, 0.05) is 12.3 Å². The SMILES string of the molecule is O=C(O)[C@@H]1SCCN1S(=O)(=O)c1ccc2ccccc2c1. The summed E-state index contributed by atoms with van der Waals surface area (Å²) in [5, 5.41) is 9.86. The number of benzene rings is 2. The summed E-state index contributed by atoms with van der Waals surface area (Å²) in [6, 6.07) is 12.3. The van der Waals surface area contributed by atoms with Crippen LogP contribution in [0.5, 0.6) is 0 Å². The largest absolute Gasteiger partial charge is 0.479 e. The van der Waals surface area contributed by atoms with E-state index < -0.39 is 21.4 Å². The fourth-order valence-corrected chi connectivity index (χ4v) is 5.40. The van der Waals surface area contributed by atoms with Gasteiger partial charge in [0.2, 0.25) is 10.0 Å². The molecule has 0 bridgehead atoms. The zero-order chi connectivity index (χ0) is 15.0. The van der Waals surface area contributed by atoms with Crippen molar-refractivity contribution >= 4 is 38.5 Å². The smallest absolute Gasteiger partial charge is 0.332 e. The summed E-state index contributed by atoms with van der Waals surface area (Å²) >= 11 is 1.13. The van der Waals surface area contributed by atoms with E-state index in [2.05, 4.69) is 0 Å². The van der Waals surface area contributed by atoms with E-state index in [1.807, 2.05) is 24.3 Å². The topological polar surface area (TPSA) is 74.7 Å². The number of sulfonamides is 1. The molecule has 1 aliphatic rings. The maximum absolute atomic E-state index is 12.6. The normalized spacial score (nSPS) is 19.9. The molecule has 5 nitrogen and oxygen atoms in total. The van der Waals surface area contributed by atoms with Crippen molar-refractivity contribution < 1.29 is 18.3 Å². The third-order valence-corrected chi connectivity index (χ3v) is 6.57. The first kappa shape index (κ1) is 14.4. The van der Waals surface area contributed by atoms with Crippen molar-refractivity contribution in [3.05, 3.63) is 42.5 Å². The second kappa shape index (κ2) is 5.32. The molecule has 7 heteroatoms. The van der Waals surface area contributed by atoms with E-state index in [1.165, 1.54) is 6.07 Å². The Hall–Kier alpha value is -1.57. The molecule has 110 valence electrons. The van der Waals surface area contributed by atoms with Gasteiger partial charge in [-0.3, -0.25) is 0 Å². The van der Waals surface area contributed by atoms with Crippen molar-refractivity contribution in [1.29, 1.82) is 0 Å². The van der Waals surface area contributed by atoms with Gasteiger partial charge < -0.3 is 5.11 Å². The van der Waals surface area contributed by atoms with Crippen LogP contribution in [0.25, 0.3) is 10.8 Å². The number of fused-ring (bicyclic) bond motifs is 1. The van der Waals surface area contributed by atoms with Gasteiger partial charge in [-0.25, -0.2) is 13.2 Å². The Balaban J connectivity index is 2.05. The Morgan fingerprint density at radius 2 is 1.90 bits per heavy atom. The Bertz CT molecular complexity index is 803. The molecule has 1 heterocycles. The lowest BCUT2D eigenvalue weighted by Crippen LogP contribution is -2.39. The van der Waals surface area contributed by atoms with E-state index in [1.54, 1.807) is 12.1 Å². The molecule has 1 N–H and O–H groups in total. The average Bonchev–Trinajstić information content (AvgIpc) is 2.97. The highest BCUT2D eigenvalue weighted by Gasteiger charge is 2.40. The van der Waals surface area contributed by atoms with Gasteiger partial charge in [-0.15, -0.1) is 11.8 Å². The molecule has 2 aromatic carbocycles. The monoisotopic (exact) mass is 323 g/mol. The number of hydrogen-bond acceptors (Lipinski definition) is 4. The molecule has 0 amide bonds. The fraction of sp³-hybridized carbons (Fsp3) is 0.214. The molecule has 1 atom stereocenters. The zero-order valence-corrected chi connectivity index (χ0v) is 12.6. The van der Waals surface area contributed by atoms with E-state index >= 15 is 0 Å². The van der Waals surface area contributed by atoms with Gasteiger partial charge in [-0.2, -0.15) is 4.31 Å². The maximum Gasteiger partial charge on any atom is 0.332 e. The highest BCUT2D eigenvalue weighted by Crippen LogP contribution is 2.31. The molecule has 2 aromatic rings. The number of hydrogen-bond donors (Lipinski definition) is 1. The first-order chi connectivity index (χ1) is 10.00. The van der Waals surface area contributed by atoms with E-state index in [4.69, 9.17) is 5.11 Å². The highest BCUT2D eigenvalue weighted by molar-refractivity contribution is 8.02. The van der Waals surface area contributed by atoms with Crippen LogP contribution < -0.4 is 0 Å². The quantitative estimate of drug-likeness (QED) is 0.935. The first-order valence-electron chi connectivity index (χ1n) is 6.35. The van der Waals surface area contributed by atoms with Crippen LogP contribution in [-0.4, -0.2) is 41.5 Å².